The highest BCUT2D eigenvalue weighted by Crippen LogP contribution is 2.13. The van der Waals surface area contributed by atoms with E-state index in [1.54, 1.807) is 6.92 Å². The van der Waals surface area contributed by atoms with E-state index in [4.69, 9.17) is 5.11 Å². The number of allylic oxidation sites excluding steroid dienone is 1. The van der Waals surface area contributed by atoms with E-state index in [0.717, 1.165) is 6.08 Å². The van der Waals surface area contributed by atoms with E-state index in [-0.39, 0.29) is 0 Å². The summed E-state index contributed by atoms with van der Waals surface area (Å²) in [6.07, 6.45) is 24.5. The molecule has 0 aliphatic carbocycles. The van der Waals surface area contributed by atoms with Crippen LogP contribution in [0.15, 0.2) is 12.2 Å². The summed E-state index contributed by atoms with van der Waals surface area (Å²) in [5.41, 5.74) is 0. The van der Waals surface area contributed by atoms with Crippen molar-refractivity contribution >= 4 is 5.97 Å². The van der Waals surface area contributed by atoms with Crippen molar-refractivity contribution in [2.75, 3.05) is 0 Å². The van der Waals surface area contributed by atoms with Crippen molar-refractivity contribution < 1.29 is 9.90 Å². The summed E-state index contributed by atoms with van der Waals surface area (Å²) in [5, 5.41) is 7.83. The van der Waals surface area contributed by atoms with Gasteiger partial charge in [-0.25, -0.2) is 4.79 Å². The smallest absolute Gasteiger partial charge is 0.327 e. The Morgan fingerprint density at radius 1 is 0.652 bits per heavy atom. The van der Waals surface area contributed by atoms with E-state index in [1.165, 1.54) is 102 Å². The van der Waals surface area contributed by atoms with Gasteiger partial charge in [-0.3, -0.25) is 0 Å². The summed E-state index contributed by atoms with van der Waals surface area (Å²) in [6, 6.07) is 0. The Kier molecular flexibility index (Phi) is 25.0. The third kappa shape index (κ3) is 29.8. The number of aliphatic carboxylic acids is 1. The maximum atomic E-state index is 9.51. The van der Waals surface area contributed by atoms with E-state index >= 15 is 0 Å². The van der Waals surface area contributed by atoms with Crippen LogP contribution in [0.4, 0.5) is 0 Å². The molecule has 0 aromatic rings. The molecule has 138 valence electrons. The Labute approximate surface area is 145 Å². The topological polar surface area (TPSA) is 37.3 Å². The van der Waals surface area contributed by atoms with Gasteiger partial charge >= 0.3 is 5.97 Å². The Bertz CT molecular complexity index is 232. The van der Waals surface area contributed by atoms with Gasteiger partial charge in [0.1, 0.15) is 0 Å². The molecule has 0 aromatic carbocycles. The minimum Gasteiger partial charge on any atom is -0.478 e. The Morgan fingerprint density at radius 2 is 0.913 bits per heavy atom. The molecule has 0 heterocycles. The molecule has 0 amide bonds. The van der Waals surface area contributed by atoms with Crippen molar-refractivity contribution in [1.82, 2.24) is 0 Å². The SMILES string of the molecule is CC=CC(=O)O.CCCCCCCCCCCCCCCCC. The van der Waals surface area contributed by atoms with Crippen molar-refractivity contribution in [2.45, 2.75) is 117 Å². The van der Waals surface area contributed by atoms with Gasteiger partial charge in [0.15, 0.2) is 0 Å². The second-order valence-corrected chi connectivity index (χ2v) is 6.43. The van der Waals surface area contributed by atoms with E-state index in [2.05, 4.69) is 13.8 Å². The van der Waals surface area contributed by atoms with Crippen LogP contribution < -0.4 is 0 Å². The van der Waals surface area contributed by atoms with Crippen LogP contribution in [-0.4, -0.2) is 11.1 Å². The lowest BCUT2D eigenvalue weighted by molar-refractivity contribution is -0.131. The lowest BCUT2D eigenvalue weighted by Crippen LogP contribution is -1.83. The number of hydrogen-bond acceptors (Lipinski definition) is 1. The first-order valence-corrected chi connectivity index (χ1v) is 10.0. The van der Waals surface area contributed by atoms with Crippen LogP contribution in [-0.2, 0) is 4.79 Å². The van der Waals surface area contributed by atoms with Crippen LogP contribution in [0.5, 0.6) is 0 Å². The zero-order chi connectivity index (χ0) is 17.6. The van der Waals surface area contributed by atoms with Gasteiger partial charge in [-0.2, -0.15) is 0 Å². The highest BCUT2D eigenvalue weighted by atomic mass is 16.4. The van der Waals surface area contributed by atoms with Gasteiger partial charge in [-0.15, -0.1) is 0 Å². The van der Waals surface area contributed by atoms with E-state index in [9.17, 15) is 4.79 Å². The van der Waals surface area contributed by atoms with Gasteiger partial charge < -0.3 is 5.11 Å². The van der Waals surface area contributed by atoms with Crippen LogP contribution in [0.2, 0.25) is 0 Å². The number of carboxylic acids is 1. The molecule has 0 saturated heterocycles. The Balaban J connectivity index is 0. The fourth-order valence-corrected chi connectivity index (χ4v) is 2.59. The molecule has 0 fully saturated rings. The Morgan fingerprint density at radius 3 is 1.04 bits per heavy atom. The standard InChI is InChI=1S/C17H36.C4H6O2/c1-3-5-7-9-11-13-15-17-16-14-12-10-8-6-4-2;1-2-3-4(5)6/h3-17H2,1-2H3;2-3H,1H3,(H,5,6). The summed E-state index contributed by atoms with van der Waals surface area (Å²) < 4.78 is 0. The summed E-state index contributed by atoms with van der Waals surface area (Å²) in [7, 11) is 0. The van der Waals surface area contributed by atoms with Gasteiger partial charge in [0.2, 0.25) is 0 Å². The van der Waals surface area contributed by atoms with E-state index in [1.807, 2.05) is 0 Å². The molecule has 23 heavy (non-hydrogen) atoms. The first-order valence-electron chi connectivity index (χ1n) is 10.0. The van der Waals surface area contributed by atoms with Crippen LogP contribution in [0.3, 0.4) is 0 Å². The Hall–Kier alpha value is -0.790. The van der Waals surface area contributed by atoms with Crippen molar-refractivity contribution in [3.63, 3.8) is 0 Å². The summed E-state index contributed by atoms with van der Waals surface area (Å²) in [6.45, 7) is 6.25. The molecule has 0 atom stereocenters. The van der Waals surface area contributed by atoms with Gasteiger partial charge in [0.25, 0.3) is 0 Å². The van der Waals surface area contributed by atoms with Gasteiger partial charge in [0, 0.05) is 6.08 Å². The molecule has 0 aliphatic rings. The average Bonchev–Trinajstić information content (AvgIpc) is 2.52. The third-order valence-corrected chi connectivity index (χ3v) is 4.02. The zero-order valence-corrected chi connectivity index (χ0v) is 16.1. The first kappa shape index (κ1) is 24.5. The number of carbonyl (C=O) groups is 1. The van der Waals surface area contributed by atoms with E-state index in [0.29, 0.717) is 0 Å². The van der Waals surface area contributed by atoms with Gasteiger partial charge in [-0.1, -0.05) is 116 Å². The fraction of sp³-hybridized carbons (Fsp3) is 0.857. The molecule has 0 radical (unpaired) electrons. The lowest BCUT2D eigenvalue weighted by Gasteiger charge is -2.02. The minimum absolute atomic E-state index is 0.891. The summed E-state index contributed by atoms with van der Waals surface area (Å²) in [4.78, 5) is 9.51. The third-order valence-electron chi connectivity index (χ3n) is 4.02. The predicted molar refractivity (Wildman–Crippen MR) is 103 cm³/mol. The van der Waals surface area contributed by atoms with Crippen LogP contribution >= 0.6 is 0 Å². The molecule has 0 bridgehead atoms. The van der Waals surface area contributed by atoms with E-state index < -0.39 is 5.97 Å². The molecule has 0 spiro atoms. The normalized spacial score (nSPS) is 10.6. The maximum Gasteiger partial charge on any atom is 0.327 e. The van der Waals surface area contributed by atoms with Crippen LogP contribution in [0.1, 0.15) is 117 Å². The number of unbranched alkanes of at least 4 members (excludes halogenated alkanes) is 14. The number of carboxylic acid groups (broad SMARTS) is 1. The predicted octanol–water partition coefficient (Wildman–Crippen LogP) is 7.52. The molecule has 2 nitrogen and oxygen atoms in total. The summed E-state index contributed by atoms with van der Waals surface area (Å²) in [5.74, 6) is -0.891. The molecule has 0 aliphatic heterocycles. The average molecular weight is 327 g/mol. The molecule has 0 aromatic heterocycles. The number of hydrogen-bond donors (Lipinski definition) is 1. The lowest BCUT2D eigenvalue weighted by atomic mass is 10.0. The fourth-order valence-electron chi connectivity index (χ4n) is 2.59. The minimum atomic E-state index is -0.891. The van der Waals surface area contributed by atoms with Gasteiger partial charge in [-0.05, 0) is 6.92 Å². The molecule has 0 saturated carbocycles. The highest BCUT2D eigenvalue weighted by Gasteiger charge is 1.93. The molecule has 0 unspecified atom stereocenters. The second kappa shape index (κ2) is 23.5. The monoisotopic (exact) mass is 326 g/mol. The molecule has 0 rings (SSSR count). The highest BCUT2D eigenvalue weighted by molar-refractivity contribution is 5.79. The molecular formula is C21H42O2. The molecule has 1 N–H and O–H groups in total. The van der Waals surface area contributed by atoms with Crippen molar-refractivity contribution in [1.29, 1.82) is 0 Å². The largest absolute Gasteiger partial charge is 0.478 e. The van der Waals surface area contributed by atoms with Crippen LogP contribution in [0.25, 0.3) is 0 Å². The maximum absolute atomic E-state index is 9.51. The number of rotatable bonds is 15. The van der Waals surface area contributed by atoms with Gasteiger partial charge in [0.05, 0.1) is 0 Å². The summed E-state index contributed by atoms with van der Waals surface area (Å²) >= 11 is 0. The second-order valence-electron chi connectivity index (χ2n) is 6.43. The zero-order valence-electron chi connectivity index (χ0n) is 16.1. The van der Waals surface area contributed by atoms with Crippen LogP contribution in [0, 0.1) is 0 Å². The van der Waals surface area contributed by atoms with Crippen molar-refractivity contribution in [3.05, 3.63) is 12.2 Å². The first-order chi connectivity index (χ1) is 11.2. The molecule has 2 heteroatoms. The quantitative estimate of drug-likeness (QED) is 0.249. The van der Waals surface area contributed by atoms with Crippen molar-refractivity contribution in [2.24, 2.45) is 0 Å². The van der Waals surface area contributed by atoms with Crippen molar-refractivity contribution in [3.8, 4) is 0 Å². The molecular weight excluding hydrogens is 284 g/mol.